The summed E-state index contributed by atoms with van der Waals surface area (Å²) in [6, 6.07) is 20.1. The molecule has 16 rings (SSSR count). The highest BCUT2D eigenvalue weighted by molar-refractivity contribution is 5.76. The van der Waals surface area contributed by atoms with Crippen LogP contribution >= 0.6 is 0 Å². The normalized spacial score (nSPS) is 25.0. The standard InChI is InChI=1S/C27H42N2O4.C26H42N2O4.C23H34F3NO3.C23H36FNO3.C20H28F3NO3/c1-16(2)10-20-14-29-9-8-19-11-25(32-15-18-6-7-18)24(31-5)12-21(19)22(29)13-23(20)33-27(30)26(28)17(3)4;1-7-10-31-24-12-18-8-9-28-15-19(11-16(2)3)22(32-26(29)25(27)17(4)5)14-21(28)20(18)13-23(24)30-6;1-15(2)10-17-14-27-8-6-16-11-22(30-9-5-4-7-23(24,25)26)21(29-3)12-18(16)19(27)13-20(17)28;1-16(2)11-18-15-25-9-7-17-12-23(28-10-6-4-5-8-24)22(27-3)13-19(17)20(25)14-21(18)26;1-12(2)6-14-10-24-5-4-13-7-19(27-11-20(21,22)23)18(26-3)8-15(13)16(24)9-17(14)25/h11-12,16-18,20,22-23,26H,6-10,13-15,28H2,1-5H3;12-13,16-17,19,21-22,25H,7-11,14-15,27H2,1-6H3;11-12,15,17,19-20,28H,4-10,13-14H2,1-3H3;12-13,16,18,20-21,26H,4-11,14-15H2,1-3H3;7-8,12,14,16-17,25H,4-6,9-11H2,1-3H3/t20?,22?,23?,26-;19?,21?,22?,25-;;;14-,16-,17-/m00..1/s1. The van der Waals surface area contributed by atoms with E-state index in [4.69, 9.17) is 68.3 Å². The number of nitrogens with zero attached hydrogens (tertiary/aromatic N) is 5. The Balaban J connectivity index is 0.000000166. The fourth-order valence-corrected chi connectivity index (χ4v) is 24.3. The van der Waals surface area contributed by atoms with Gasteiger partial charge in [-0.1, -0.05) is 104 Å². The zero-order valence-electron chi connectivity index (χ0n) is 93.6. The van der Waals surface area contributed by atoms with Gasteiger partial charge in [0.1, 0.15) is 24.3 Å². The van der Waals surface area contributed by atoms with Gasteiger partial charge >= 0.3 is 24.3 Å². The van der Waals surface area contributed by atoms with Crippen LogP contribution in [-0.4, -0.2) is 247 Å². The molecule has 1 saturated carbocycles. The van der Waals surface area contributed by atoms with Crippen LogP contribution in [0.1, 0.15) is 312 Å². The molecule has 5 aromatic rings. The minimum Gasteiger partial charge on any atom is -0.493 e. The maximum atomic E-state index is 12.8. The van der Waals surface area contributed by atoms with E-state index in [0.717, 1.165) is 220 Å². The molecule has 24 nitrogen and oxygen atoms in total. The van der Waals surface area contributed by atoms with Crippen LogP contribution in [0.15, 0.2) is 60.7 Å². The van der Waals surface area contributed by atoms with E-state index in [-0.39, 0.29) is 116 Å². The van der Waals surface area contributed by atoms with E-state index in [2.05, 4.69) is 137 Å². The van der Waals surface area contributed by atoms with Crippen molar-refractivity contribution in [3.05, 3.63) is 116 Å². The maximum absolute atomic E-state index is 12.8. The van der Waals surface area contributed by atoms with Gasteiger partial charge in [0.2, 0.25) is 0 Å². The highest BCUT2D eigenvalue weighted by Gasteiger charge is 2.48. The number of ether oxygens (including phenoxy) is 12. The summed E-state index contributed by atoms with van der Waals surface area (Å²) in [7, 11) is 8.08. The van der Waals surface area contributed by atoms with Crippen molar-refractivity contribution in [1.82, 2.24) is 24.5 Å². The smallest absolute Gasteiger partial charge is 0.422 e. The number of aliphatic hydroxyl groups excluding tert-OH is 3. The van der Waals surface area contributed by atoms with Gasteiger partial charge in [-0.15, -0.1) is 0 Å². The summed E-state index contributed by atoms with van der Waals surface area (Å²) >= 11 is 0. The number of aliphatic hydroxyl groups is 3. The highest BCUT2D eigenvalue weighted by Crippen LogP contribution is 2.52. The topological polar surface area (TPSA) is 274 Å². The molecule has 5 aromatic carbocycles. The zero-order valence-corrected chi connectivity index (χ0v) is 93.6. The number of carbonyl (C=O) groups excluding carboxylic acids is 2. The number of hydrogen-bond donors (Lipinski definition) is 5. The molecule has 0 aromatic heterocycles. The Bertz CT molecular complexity index is 5040. The van der Waals surface area contributed by atoms with Crippen LogP contribution in [0.5, 0.6) is 57.5 Å². The summed E-state index contributed by atoms with van der Waals surface area (Å²) in [4.78, 5) is 38.0. The Labute approximate surface area is 890 Å². The summed E-state index contributed by atoms with van der Waals surface area (Å²) in [5.74, 6) is 11.1. The zero-order chi connectivity index (χ0) is 109. The van der Waals surface area contributed by atoms with Crippen molar-refractivity contribution >= 4 is 11.9 Å². The number of carbonyl (C=O) groups is 2. The highest BCUT2D eigenvalue weighted by atomic mass is 19.4. The molecule has 12 unspecified atom stereocenters. The second-order valence-corrected chi connectivity index (χ2v) is 47.2. The lowest BCUT2D eigenvalue weighted by atomic mass is 9.79. The van der Waals surface area contributed by atoms with Crippen LogP contribution < -0.4 is 58.8 Å². The van der Waals surface area contributed by atoms with E-state index in [1.165, 1.54) is 64.5 Å². The fraction of sp³-hybridized carbons (Fsp3) is 0.731. The van der Waals surface area contributed by atoms with Gasteiger partial charge in [-0.05, 0) is 316 Å². The number of benzene rings is 5. The number of piperidine rings is 5. The summed E-state index contributed by atoms with van der Waals surface area (Å²) < 4.78 is 155. The molecule has 0 radical (unpaired) electrons. The Hall–Kier alpha value is -7.85. The summed E-state index contributed by atoms with van der Waals surface area (Å²) in [6.45, 7) is 42.2. The van der Waals surface area contributed by atoms with Crippen LogP contribution in [0, 0.1) is 76.9 Å². The van der Waals surface area contributed by atoms with Gasteiger partial charge < -0.3 is 83.6 Å². The van der Waals surface area contributed by atoms with Crippen LogP contribution in [0.4, 0.5) is 30.7 Å². The van der Waals surface area contributed by atoms with E-state index in [9.17, 15) is 55.6 Å². The minimum absolute atomic E-state index is 0.0588. The number of esters is 2. The first-order chi connectivity index (χ1) is 71.4. The van der Waals surface area contributed by atoms with Crippen molar-refractivity contribution in [2.75, 3.05) is 141 Å². The Morgan fingerprint density at radius 3 is 0.913 bits per heavy atom. The van der Waals surface area contributed by atoms with Crippen LogP contribution in [0.25, 0.3) is 0 Å². The van der Waals surface area contributed by atoms with E-state index in [1.807, 2.05) is 39.8 Å². The first-order valence-electron chi connectivity index (χ1n) is 56.4. The number of unbranched alkanes of at least 4 members (excludes halogenated alkanes) is 3. The van der Waals surface area contributed by atoms with Gasteiger partial charge in [0, 0.05) is 127 Å². The molecular weight excluding hydrogens is 1930 g/mol. The molecule has 0 spiro atoms. The third-order valence-electron chi connectivity index (χ3n) is 32.4. The summed E-state index contributed by atoms with van der Waals surface area (Å²) in [5, 5.41) is 32.1. The monoisotopic (exact) mass is 2110 g/mol. The molecule has 844 valence electrons. The molecule has 7 N–H and O–H groups in total. The first-order valence-corrected chi connectivity index (χ1v) is 56.4. The third-order valence-corrected chi connectivity index (χ3v) is 32.4. The van der Waals surface area contributed by atoms with Gasteiger partial charge in [-0.3, -0.25) is 38.5 Å². The third kappa shape index (κ3) is 33.4. The van der Waals surface area contributed by atoms with Crippen molar-refractivity contribution in [3.8, 4) is 57.5 Å². The minimum atomic E-state index is -4.39. The molecule has 0 bridgehead atoms. The average molecular weight is 2120 g/mol. The predicted octanol–water partition coefficient (Wildman–Crippen LogP) is 22.3. The lowest BCUT2D eigenvalue weighted by molar-refractivity contribution is -0.161. The Morgan fingerprint density at radius 2 is 0.640 bits per heavy atom. The SMILES string of the molecule is CCCOc1cc2c(cc1OC)C1CC(OC(=O)[C@@H](N)C(C)C)C(CC(C)C)CN1CC2.COc1cc2c(cc1OCC(F)(F)F)CCN1C[C@@H](CC(C)C)[C@H](O)C[C@H]21.COc1cc2c(cc1OCC1CC1)CCN1CC(CC(C)C)C(OC(=O)[C@@H](N)C(C)C)CC21.COc1cc2c(cc1OCCCCC(F)(F)F)CCN1CC(CC(C)C)C(O)CC21.COc1cc2c(cc1OCCCCCF)CCN1CC(CC(C)C)C(O)CC21. The van der Waals surface area contributed by atoms with E-state index in [0.29, 0.717) is 115 Å². The largest absolute Gasteiger partial charge is 0.493 e. The number of methoxy groups -OCH3 is 5. The molecule has 10 heterocycles. The number of alkyl halides is 7. The Morgan fingerprint density at radius 1 is 0.360 bits per heavy atom. The lowest BCUT2D eigenvalue weighted by Crippen LogP contribution is -2.51. The van der Waals surface area contributed by atoms with Gasteiger partial charge in [-0.2, -0.15) is 26.3 Å². The predicted molar refractivity (Wildman–Crippen MR) is 573 cm³/mol. The second-order valence-electron chi connectivity index (χ2n) is 47.2. The number of hydrogen-bond acceptors (Lipinski definition) is 24. The van der Waals surface area contributed by atoms with Crippen molar-refractivity contribution in [1.29, 1.82) is 0 Å². The molecule has 11 aliphatic rings. The molecule has 17 atom stereocenters. The number of fused-ring (bicyclic) bond motifs is 15. The maximum Gasteiger partial charge on any atom is 0.422 e. The van der Waals surface area contributed by atoms with Crippen LogP contribution in [0.2, 0.25) is 0 Å². The van der Waals surface area contributed by atoms with Crippen molar-refractivity contribution in [3.63, 3.8) is 0 Å². The second kappa shape index (κ2) is 56.2. The molecule has 150 heavy (non-hydrogen) atoms. The quantitative estimate of drug-likeness (QED) is 0.0138. The van der Waals surface area contributed by atoms with Crippen LogP contribution in [0.3, 0.4) is 0 Å². The van der Waals surface area contributed by atoms with Gasteiger partial charge in [0.25, 0.3) is 0 Å². The first kappa shape index (κ1) is 121. The van der Waals surface area contributed by atoms with Gasteiger partial charge in [-0.25, -0.2) is 0 Å². The van der Waals surface area contributed by atoms with Crippen molar-refractivity contribution in [2.45, 2.75) is 343 Å². The van der Waals surface area contributed by atoms with Crippen LogP contribution in [-0.2, 0) is 51.2 Å². The summed E-state index contributed by atoms with van der Waals surface area (Å²) in [6.07, 6.45) is 9.29. The molecular formula is C119H182F7N7O17. The lowest BCUT2D eigenvalue weighted by Gasteiger charge is -2.47. The molecule has 0 amide bonds. The van der Waals surface area contributed by atoms with E-state index in [1.54, 1.807) is 40.6 Å². The molecule has 10 aliphatic heterocycles. The number of nitrogens with two attached hydrogens (primary N) is 2. The van der Waals surface area contributed by atoms with E-state index < -0.39 is 37.5 Å². The van der Waals surface area contributed by atoms with Gasteiger partial charge in [0.15, 0.2) is 64.1 Å². The average Bonchev–Trinajstić information content (AvgIpc) is 1.74. The number of rotatable bonds is 40. The van der Waals surface area contributed by atoms with E-state index >= 15 is 0 Å². The fourth-order valence-electron chi connectivity index (χ4n) is 24.3. The van der Waals surface area contributed by atoms with Crippen molar-refractivity contribution in [2.24, 2.45) is 88.4 Å². The molecule has 5 saturated heterocycles. The molecule has 6 fully saturated rings. The van der Waals surface area contributed by atoms with Crippen molar-refractivity contribution < 1.29 is 112 Å². The molecule has 31 heteroatoms. The molecule has 1 aliphatic carbocycles. The van der Waals surface area contributed by atoms with Gasteiger partial charge in [0.05, 0.1) is 87.0 Å². The summed E-state index contributed by atoms with van der Waals surface area (Å²) in [5.41, 5.74) is 24.4. The number of halogens is 7. The Kier molecular flexibility index (Phi) is 45.2.